The first-order valence-electron chi connectivity index (χ1n) is 5.63. The molecule has 7 nitrogen and oxygen atoms in total. The molecule has 2 heterocycles. The van der Waals surface area contributed by atoms with Gasteiger partial charge in [-0.25, -0.2) is 28.2 Å². The number of hydrogen-bond donors (Lipinski definition) is 1. The van der Waals surface area contributed by atoms with E-state index in [1.165, 1.54) is 4.68 Å². The Morgan fingerprint density at radius 3 is 2.53 bits per heavy atom. The molecule has 2 rings (SSSR count). The zero-order valence-corrected chi connectivity index (χ0v) is 11.8. The third kappa shape index (κ3) is 3.36. The fourth-order valence-electron chi connectivity index (χ4n) is 1.79. The summed E-state index contributed by atoms with van der Waals surface area (Å²) in [6.07, 6.45) is 1.63. The van der Waals surface area contributed by atoms with Crippen LogP contribution >= 0.6 is 0 Å². The summed E-state index contributed by atoms with van der Waals surface area (Å²) in [5, 5.41) is 9.30. The van der Waals surface area contributed by atoms with Gasteiger partial charge in [-0.2, -0.15) is 5.10 Å². The third-order valence-corrected chi connectivity index (χ3v) is 3.26. The van der Waals surface area contributed by atoms with E-state index in [2.05, 4.69) is 15.1 Å². The highest BCUT2D eigenvalue weighted by atomic mass is 32.2. The Morgan fingerprint density at radius 1 is 1.26 bits per heavy atom. The van der Waals surface area contributed by atoms with E-state index in [0.29, 0.717) is 22.9 Å². The molecular formula is C11H15N5O2S. The molecule has 2 N–H and O–H groups in total. The van der Waals surface area contributed by atoms with Crippen LogP contribution in [0.15, 0.2) is 12.3 Å². The van der Waals surface area contributed by atoms with Gasteiger partial charge in [-0.1, -0.05) is 0 Å². The Morgan fingerprint density at radius 2 is 1.95 bits per heavy atom. The van der Waals surface area contributed by atoms with Crippen LogP contribution < -0.4 is 5.14 Å². The van der Waals surface area contributed by atoms with Gasteiger partial charge in [0.2, 0.25) is 10.0 Å². The number of rotatable bonds is 3. The largest absolute Gasteiger partial charge is 0.238 e. The van der Waals surface area contributed by atoms with Crippen molar-refractivity contribution < 1.29 is 8.42 Å². The summed E-state index contributed by atoms with van der Waals surface area (Å²) in [6.45, 7) is 5.38. The van der Waals surface area contributed by atoms with Crippen molar-refractivity contribution in [1.29, 1.82) is 0 Å². The van der Waals surface area contributed by atoms with Crippen LogP contribution in [-0.2, 0) is 15.8 Å². The van der Waals surface area contributed by atoms with Crippen molar-refractivity contribution in [3.8, 4) is 5.82 Å². The van der Waals surface area contributed by atoms with E-state index in [4.69, 9.17) is 5.14 Å². The smallest absolute Gasteiger partial charge is 0.213 e. The number of sulfonamides is 1. The van der Waals surface area contributed by atoms with Crippen LogP contribution in [-0.4, -0.2) is 28.2 Å². The van der Waals surface area contributed by atoms with Gasteiger partial charge in [-0.15, -0.1) is 0 Å². The third-order valence-electron chi connectivity index (χ3n) is 2.54. The molecule has 102 valence electrons. The van der Waals surface area contributed by atoms with Gasteiger partial charge >= 0.3 is 0 Å². The highest BCUT2D eigenvalue weighted by Gasteiger charge is 2.13. The van der Waals surface area contributed by atoms with Crippen LogP contribution in [0.5, 0.6) is 0 Å². The second kappa shape index (κ2) is 4.71. The fraction of sp³-hybridized carbons (Fsp3) is 0.364. The predicted molar refractivity (Wildman–Crippen MR) is 70.2 cm³/mol. The lowest BCUT2D eigenvalue weighted by atomic mass is 10.3. The van der Waals surface area contributed by atoms with Gasteiger partial charge in [-0.3, -0.25) is 0 Å². The first-order chi connectivity index (χ1) is 8.74. The maximum absolute atomic E-state index is 11.1. The van der Waals surface area contributed by atoms with Crippen molar-refractivity contribution in [3.05, 3.63) is 35.0 Å². The van der Waals surface area contributed by atoms with E-state index in [9.17, 15) is 8.42 Å². The van der Waals surface area contributed by atoms with Crippen LogP contribution in [0.4, 0.5) is 0 Å². The summed E-state index contributed by atoms with van der Waals surface area (Å²) >= 11 is 0. The highest BCUT2D eigenvalue weighted by molar-refractivity contribution is 7.88. The van der Waals surface area contributed by atoms with Gasteiger partial charge in [-0.05, 0) is 20.8 Å². The van der Waals surface area contributed by atoms with Crippen LogP contribution in [0.1, 0.15) is 22.8 Å². The summed E-state index contributed by atoms with van der Waals surface area (Å²) in [7, 11) is -3.57. The molecule has 0 saturated carbocycles. The molecule has 8 heteroatoms. The molecule has 0 aliphatic rings. The van der Waals surface area contributed by atoms with Gasteiger partial charge < -0.3 is 0 Å². The average molecular weight is 281 g/mol. The maximum Gasteiger partial charge on any atom is 0.213 e. The number of aromatic nitrogens is 4. The summed E-state index contributed by atoms with van der Waals surface area (Å²) in [5.74, 6) is 1.01. The summed E-state index contributed by atoms with van der Waals surface area (Å²) in [6, 6.07) is 1.78. The zero-order valence-electron chi connectivity index (χ0n) is 11.0. The number of nitrogens with two attached hydrogens (primary N) is 1. The molecule has 0 aliphatic carbocycles. The highest BCUT2D eigenvalue weighted by Crippen LogP contribution is 2.13. The van der Waals surface area contributed by atoms with Gasteiger partial charge in [0.25, 0.3) is 0 Å². The molecule has 2 aromatic rings. The lowest BCUT2D eigenvalue weighted by Crippen LogP contribution is -2.14. The molecule has 0 fully saturated rings. The number of hydrogen-bond acceptors (Lipinski definition) is 5. The Labute approximate surface area is 111 Å². The monoisotopic (exact) mass is 281 g/mol. The van der Waals surface area contributed by atoms with E-state index in [1.54, 1.807) is 26.1 Å². The summed E-state index contributed by atoms with van der Waals surface area (Å²) in [5.41, 5.74) is 2.00. The van der Waals surface area contributed by atoms with Crippen LogP contribution in [0.25, 0.3) is 5.82 Å². The molecule has 0 amide bonds. The second-order valence-electron chi connectivity index (χ2n) is 4.41. The Balaban J connectivity index is 2.44. The predicted octanol–water partition coefficient (Wildman–Crippen LogP) is 0.376. The van der Waals surface area contributed by atoms with E-state index in [0.717, 1.165) is 5.69 Å². The molecule has 0 bridgehead atoms. The van der Waals surface area contributed by atoms with E-state index in [1.807, 2.05) is 6.92 Å². The fourth-order valence-corrected chi connectivity index (χ4v) is 2.50. The Bertz CT molecular complexity index is 700. The molecule has 0 unspecified atom stereocenters. The molecule has 0 spiro atoms. The Kier molecular flexibility index (Phi) is 3.38. The molecule has 2 aromatic heterocycles. The van der Waals surface area contributed by atoms with Crippen LogP contribution in [0.3, 0.4) is 0 Å². The van der Waals surface area contributed by atoms with E-state index >= 15 is 0 Å². The van der Waals surface area contributed by atoms with Crippen molar-refractivity contribution in [3.63, 3.8) is 0 Å². The van der Waals surface area contributed by atoms with Crippen molar-refractivity contribution >= 4 is 10.0 Å². The molecule has 0 radical (unpaired) electrons. The lowest BCUT2D eigenvalue weighted by Gasteiger charge is -2.02. The number of nitrogens with zero attached hydrogens (tertiary/aromatic N) is 4. The van der Waals surface area contributed by atoms with Crippen molar-refractivity contribution in [2.75, 3.05) is 0 Å². The van der Waals surface area contributed by atoms with Gasteiger partial charge in [0, 0.05) is 23.5 Å². The zero-order chi connectivity index (χ0) is 14.2. The van der Waals surface area contributed by atoms with Gasteiger partial charge in [0.15, 0.2) is 5.82 Å². The minimum atomic E-state index is -3.57. The van der Waals surface area contributed by atoms with E-state index < -0.39 is 10.0 Å². The molecular weight excluding hydrogens is 266 g/mol. The van der Waals surface area contributed by atoms with Crippen LogP contribution in [0, 0.1) is 20.8 Å². The standard InChI is InChI=1S/C11H15N5O2S/c1-7-4-11(14-9(3)13-7)16-5-10(8(2)15-16)6-19(12,17)18/h4-5H,6H2,1-3H3,(H2,12,17,18). The number of aryl methyl sites for hydroxylation is 3. The molecule has 0 atom stereocenters. The first-order valence-corrected chi connectivity index (χ1v) is 7.34. The van der Waals surface area contributed by atoms with E-state index in [-0.39, 0.29) is 5.75 Å². The van der Waals surface area contributed by atoms with Gasteiger partial charge in [0.1, 0.15) is 5.82 Å². The first kappa shape index (κ1) is 13.6. The minimum absolute atomic E-state index is 0.234. The SMILES string of the molecule is Cc1cc(-n2cc(CS(N)(=O)=O)c(C)n2)nc(C)n1. The second-order valence-corrected chi connectivity index (χ2v) is 6.02. The Hall–Kier alpha value is -1.80. The molecule has 19 heavy (non-hydrogen) atoms. The molecule has 0 aromatic carbocycles. The van der Waals surface area contributed by atoms with Crippen LogP contribution in [0.2, 0.25) is 0 Å². The van der Waals surface area contributed by atoms with Crippen molar-refractivity contribution in [1.82, 2.24) is 19.7 Å². The maximum atomic E-state index is 11.1. The minimum Gasteiger partial charge on any atom is -0.238 e. The molecule has 0 saturated heterocycles. The lowest BCUT2D eigenvalue weighted by molar-refractivity contribution is 0.597. The number of primary sulfonamides is 1. The molecule has 0 aliphatic heterocycles. The summed E-state index contributed by atoms with van der Waals surface area (Å²) < 4.78 is 23.8. The van der Waals surface area contributed by atoms with Gasteiger partial charge in [0.05, 0.1) is 11.4 Å². The quantitative estimate of drug-likeness (QED) is 0.875. The van der Waals surface area contributed by atoms with Crippen molar-refractivity contribution in [2.24, 2.45) is 5.14 Å². The average Bonchev–Trinajstić information content (AvgIpc) is 2.56. The van der Waals surface area contributed by atoms with Crippen molar-refractivity contribution in [2.45, 2.75) is 26.5 Å². The summed E-state index contributed by atoms with van der Waals surface area (Å²) in [4.78, 5) is 8.44. The topological polar surface area (TPSA) is 104 Å². The normalized spacial score (nSPS) is 11.8.